The molecule has 28 heavy (non-hydrogen) atoms. The molecule has 4 rings (SSSR count). The predicted octanol–water partition coefficient (Wildman–Crippen LogP) is 3.08. The summed E-state index contributed by atoms with van der Waals surface area (Å²) in [5.41, 5.74) is 2.57. The molecule has 0 radical (unpaired) electrons. The first-order valence-electron chi connectivity index (χ1n) is 8.86. The quantitative estimate of drug-likeness (QED) is 0.662. The molecular formula is C20H18BrN5O2. The topological polar surface area (TPSA) is 80.1 Å². The third-order valence-electron chi connectivity index (χ3n) is 4.67. The van der Waals surface area contributed by atoms with Crippen LogP contribution in [0.1, 0.15) is 12.0 Å². The van der Waals surface area contributed by atoms with Crippen LogP contribution in [0.5, 0.6) is 0 Å². The van der Waals surface area contributed by atoms with Gasteiger partial charge in [-0.3, -0.25) is 9.59 Å². The fraction of sp³-hybridized carbons (Fsp3) is 0.200. The van der Waals surface area contributed by atoms with Crippen LogP contribution in [0.15, 0.2) is 65.7 Å². The maximum Gasteiger partial charge on any atom is 0.229 e. The van der Waals surface area contributed by atoms with Crippen LogP contribution in [0.25, 0.3) is 0 Å². The largest absolute Gasteiger partial charge is 0.326 e. The van der Waals surface area contributed by atoms with E-state index in [-0.39, 0.29) is 24.2 Å². The number of nitrogens with zero attached hydrogens (tertiary/aromatic N) is 4. The van der Waals surface area contributed by atoms with E-state index in [0.29, 0.717) is 18.8 Å². The SMILES string of the molecule is O=C(Nc1ccc(Cn2cncn2)cc1)C1CC(=O)N(c2ccc(Br)cc2)C1. The fourth-order valence-electron chi connectivity index (χ4n) is 3.19. The van der Waals surface area contributed by atoms with Gasteiger partial charge in [0.05, 0.1) is 12.5 Å². The molecule has 1 aromatic heterocycles. The lowest BCUT2D eigenvalue weighted by atomic mass is 10.1. The number of carbonyl (C=O) groups excluding carboxylic acids is 2. The Hall–Kier alpha value is -3.00. The molecule has 0 saturated carbocycles. The summed E-state index contributed by atoms with van der Waals surface area (Å²) in [5.74, 6) is -0.548. The Balaban J connectivity index is 1.37. The predicted molar refractivity (Wildman–Crippen MR) is 109 cm³/mol. The minimum atomic E-state index is -0.369. The summed E-state index contributed by atoms with van der Waals surface area (Å²) >= 11 is 3.39. The average molecular weight is 440 g/mol. The molecule has 3 aromatic rings. The van der Waals surface area contributed by atoms with Crippen LogP contribution in [-0.4, -0.2) is 33.1 Å². The second kappa shape index (κ2) is 7.93. The Morgan fingerprint density at radius 1 is 1.14 bits per heavy atom. The number of benzene rings is 2. The first-order valence-corrected chi connectivity index (χ1v) is 9.66. The van der Waals surface area contributed by atoms with Gasteiger partial charge in [-0.2, -0.15) is 5.10 Å². The highest BCUT2D eigenvalue weighted by atomic mass is 79.9. The molecule has 0 bridgehead atoms. The zero-order valence-electron chi connectivity index (χ0n) is 15.0. The number of nitrogens with one attached hydrogen (secondary N) is 1. The Kier molecular flexibility index (Phi) is 5.21. The van der Waals surface area contributed by atoms with Gasteiger partial charge in [0.25, 0.3) is 0 Å². The van der Waals surface area contributed by atoms with E-state index in [1.54, 1.807) is 15.9 Å². The van der Waals surface area contributed by atoms with Crippen molar-refractivity contribution >= 4 is 39.1 Å². The highest BCUT2D eigenvalue weighted by Crippen LogP contribution is 2.27. The van der Waals surface area contributed by atoms with Crippen molar-refractivity contribution in [3.8, 4) is 0 Å². The summed E-state index contributed by atoms with van der Waals surface area (Å²) in [4.78, 5) is 30.5. The van der Waals surface area contributed by atoms with Crippen LogP contribution >= 0.6 is 15.9 Å². The number of halogens is 1. The van der Waals surface area contributed by atoms with E-state index >= 15 is 0 Å². The third-order valence-corrected chi connectivity index (χ3v) is 5.20. The number of hydrogen-bond acceptors (Lipinski definition) is 4. The Labute approximate surface area is 170 Å². The number of amides is 2. The van der Waals surface area contributed by atoms with Crippen molar-refractivity contribution in [2.75, 3.05) is 16.8 Å². The first kappa shape index (κ1) is 18.4. The molecule has 2 heterocycles. The molecule has 2 amide bonds. The smallest absolute Gasteiger partial charge is 0.229 e. The lowest BCUT2D eigenvalue weighted by Gasteiger charge is -2.17. The second-order valence-corrected chi connectivity index (χ2v) is 7.58. The van der Waals surface area contributed by atoms with Gasteiger partial charge in [-0.1, -0.05) is 28.1 Å². The van der Waals surface area contributed by atoms with Crippen LogP contribution in [-0.2, 0) is 16.1 Å². The summed E-state index contributed by atoms with van der Waals surface area (Å²) in [6.07, 6.45) is 3.37. The van der Waals surface area contributed by atoms with Gasteiger partial charge in [-0.15, -0.1) is 0 Å². The van der Waals surface area contributed by atoms with Crippen LogP contribution in [0, 0.1) is 5.92 Å². The van der Waals surface area contributed by atoms with Crippen LogP contribution in [0.2, 0.25) is 0 Å². The van der Waals surface area contributed by atoms with Crippen molar-refractivity contribution in [2.45, 2.75) is 13.0 Å². The summed E-state index contributed by atoms with van der Waals surface area (Å²) in [5, 5.41) is 6.99. The van der Waals surface area contributed by atoms with Gasteiger partial charge >= 0.3 is 0 Å². The monoisotopic (exact) mass is 439 g/mol. The molecule has 1 atom stereocenters. The molecule has 0 spiro atoms. The van der Waals surface area contributed by atoms with Gasteiger partial charge in [-0.05, 0) is 42.0 Å². The molecule has 1 N–H and O–H groups in total. The first-order chi connectivity index (χ1) is 13.6. The summed E-state index contributed by atoms with van der Waals surface area (Å²) < 4.78 is 2.68. The highest BCUT2D eigenvalue weighted by Gasteiger charge is 2.35. The summed E-state index contributed by atoms with van der Waals surface area (Å²) in [7, 11) is 0. The maximum absolute atomic E-state index is 12.6. The highest BCUT2D eigenvalue weighted by molar-refractivity contribution is 9.10. The third kappa shape index (κ3) is 4.12. The van der Waals surface area contributed by atoms with Crippen molar-refractivity contribution in [3.63, 3.8) is 0 Å². The van der Waals surface area contributed by atoms with E-state index in [2.05, 4.69) is 31.3 Å². The summed E-state index contributed by atoms with van der Waals surface area (Å²) in [6.45, 7) is 1.00. The zero-order valence-corrected chi connectivity index (χ0v) is 16.5. The van der Waals surface area contributed by atoms with Crippen molar-refractivity contribution in [2.24, 2.45) is 5.92 Å². The number of rotatable bonds is 5. The van der Waals surface area contributed by atoms with Gasteiger partial charge in [0, 0.05) is 28.8 Å². The fourth-order valence-corrected chi connectivity index (χ4v) is 3.46. The van der Waals surface area contributed by atoms with Crippen molar-refractivity contribution < 1.29 is 9.59 Å². The van der Waals surface area contributed by atoms with Crippen molar-refractivity contribution in [1.82, 2.24) is 14.8 Å². The minimum absolute atomic E-state index is 0.0364. The van der Waals surface area contributed by atoms with Gasteiger partial charge in [-0.25, -0.2) is 9.67 Å². The molecule has 2 aromatic carbocycles. The summed E-state index contributed by atoms with van der Waals surface area (Å²) in [6, 6.07) is 15.1. The van der Waals surface area contributed by atoms with Gasteiger partial charge in [0.2, 0.25) is 11.8 Å². The van der Waals surface area contributed by atoms with Gasteiger partial charge in [0.1, 0.15) is 12.7 Å². The molecule has 1 fully saturated rings. The minimum Gasteiger partial charge on any atom is -0.326 e. The molecule has 1 unspecified atom stereocenters. The molecule has 7 nitrogen and oxygen atoms in total. The zero-order chi connectivity index (χ0) is 19.5. The van der Waals surface area contributed by atoms with E-state index in [1.165, 1.54) is 6.33 Å². The molecular weight excluding hydrogens is 422 g/mol. The van der Waals surface area contributed by atoms with Crippen LogP contribution in [0.4, 0.5) is 11.4 Å². The maximum atomic E-state index is 12.6. The molecule has 1 saturated heterocycles. The Morgan fingerprint density at radius 3 is 2.57 bits per heavy atom. The average Bonchev–Trinajstić information content (AvgIpc) is 3.34. The molecule has 1 aliphatic rings. The van der Waals surface area contributed by atoms with E-state index in [1.807, 2.05) is 48.5 Å². The number of hydrogen-bond donors (Lipinski definition) is 1. The van der Waals surface area contributed by atoms with E-state index < -0.39 is 0 Å². The van der Waals surface area contributed by atoms with Crippen molar-refractivity contribution in [1.29, 1.82) is 0 Å². The van der Waals surface area contributed by atoms with E-state index in [9.17, 15) is 9.59 Å². The molecule has 1 aliphatic heterocycles. The molecule has 142 valence electrons. The molecule has 8 heteroatoms. The normalized spacial score (nSPS) is 16.4. The number of carbonyl (C=O) groups is 2. The van der Waals surface area contributed by atoms with E-state index in [4.69, 9.17) is 0 Å². The lowest BCUT2D eigenvalue weighted by Crippen LogP contribution is -2.28. The van der Waals surface area contributed by atoms with Crippen LogP contribution < -0.4 is 10.2 Å². The number of aromatic nitrogens is 3. The standard InChI is InChI=1S/C20H18BrN5O2/c21-16-3-7-18(8-4-16)26-11-15(9-19(26)27)20(28)24-17-5-1-14(2-6-17)10-25-13-22-12-23-25/h1-8,12-13,15H,9-11H2,(H,24,28). The Bertz CT molecular complexity index is 971. The second-order valence-electron chi connectivity index (χ2n) is 6.66. The van der Waals surface area contributed by atoms with Crippen LogP contribution in [0.3, 0.4) is 0 Å². The van der Waals surface area contributed by atoms with E-state index in [0.717, 1.165) is 15.7 Å². The Morgan fingerprint density at radius 2 is 1.89 bits per heavy atom. The van der Waals surface area contributed by atoms with Crippen molar-refractivity contribution in [3.05, 3.63) is 71.2 Å². The van der Waals surface area contributed by atoms with Gasteiger partial charge in [0.15, 0.2) is 0 Å². The number of anilines is 2. The molecule has 0 aliphatic carbocycles. The van der Waals surface area contributed by atoms with Gasteiger partial charge < -0.3 is 10.2 Å². The lowest BCUT2D eigenvalue weighted by molar-refractivity contribution is -0.122.